The van der Waals surface area contributed by atoms with E-state index in [1.54, 1.807) is 26.0 Å². The van der Waals surface area contributed by atoms with E-state index in [9.17, 15) is 14.7 Å². The van der Waals surface area contributed by atoms with Crippen molar-refractivity contribution < 1.29 is 19.4 Å². The van der Waals surface area contributed by atoms with E-state index in [-0.39, 0.29) is 18.2 Å². The number of urea groups is 1. The summed E-state index contributed by atoms with van der Waals surface area (Å²) >= 11 is 0. The number of hydrogen-bond donors (Lipinski definition) is 1. The number of para-hydroxylation sites is 2. The summed E-state index contributed by atoms with van der Waals surface area (Å²) in [6.07, 6.45) is 0. The van der Waals surface area contributed by atoms with Gasteiger partial charge < -0.3 is 14.7 Å². The largest absolute Gasteiger partial charge is 0.508 e. The smallest absolute Gasteiger partial charge is 0.332 e. The van der Waals surface area contributed by atoms with E-state index in [1.165, 1.54) is 17.0 Å². The lowest BCUT2D eigenvalue weighted by Crippen LogP contribution is -2.43. The van der Waals surface area contributed by atoms with Crippen molar-refractivity contribution in [2.24, 2.45) is 0 Å². The summed E-state index contributed by atoms with van der Waals surface area (Å²) in [4.78, 5) is 29.0. The van der Waals surface area contributed by atoms with E-state index < -0.39 is 11.6 Å². The van der Waals surface area contributed by atoms with Crippen molar-refractivity contribution in [3.8, 4) is 17.2 Å². The van der Waals surface area contributed by atoms with E-state index in [0.29, 0.717) is 17.2 Å². The molecule has 1 fully saturated rings. The second-order valence-corrected chi connectivity index (χ2v) is 7.61. The maximum Gasteiger partial charge on any atom is 0.332 e. The number of nitrogens with zero attached hydrogens (tertiary/aromatic N) is 2. The lowest BCUT2D eigenvalue weighted by atomic mass is 10.0. The van der Waals surface area contributed by atoms with Crippen molar-refractivity contribution in [3.05, 3.63) is 84.4 Å². The highest BCUT2D eigenvalue weighted by Crippen LogP contribution is 2.35. The number of phenolic OH excluding ortho intramolecular Hbond substituents is 1. The van der Waals surface area contributed by atoms with Gasteiger partial charge >= 0.3 is 6.03 Å². The molecular weight excluding hydrogens is 380 g/mol. The molecule has 1 aliphatic rings. The van der Waals surface area contributed by atoms with Crippen LogP contribution in [0.5, 0.6) is 17.2 Å². The highest BCUT2D eigenvalue weighted by molar-refractivity contribution is 6.22. The van der Waals surface area contributed by atoms with Gasteiger partial charge in [0.05, 0.1) is 12.2 Å². The number of phenols is 1. The second kappa shape index (κ2) is 7.55. The zero-order valence-corrected chi connectivity index (χ0v) is 16.8. The first-order valence-corrected chi connectivity index (χ1v) is 9.64. The van der Waals surface area contributed by atoms with Gasteiger partial charge in [0.2, 0.25) is 0 Å². The molecule has 4 rings (SSSR count). The standard InChI is InChI=1S/C24H22N2O4/c1-24(2)22(28)26(18-12-14-19(27)15-13-18)23(29)25(24)16-17-8-6-7-11-21(17)30-20-9-4-3-5-10-20/h3-15,27H,16H2,1-2H3. The zero-order chi connectivity index (χ0) is 21.3. The van der Waals surface area contributed by atoms with Gasteiger partial charge in [0.25, 0.3) is 5.91 Å². The molecule has 3 aromatic rings. The second-order valence-electron chi connectivity index (χ2n) is 7.61. The molecule has 152 valence electrons. The minimum Gasteiger partial charge on any atom is -0.508 e. The highest BCUT2D eigenvalue weighted by atomic mass is 16.5. The Morgan fingerprint density at radius 2 is 1.50 bits per heavy atom. The van der Waals surface area contributed by atoms with Crippen LogP contribution in [0, 0.1) is 0 Å². The van der Waals surface area contributed by atoms with Crippen LogP contribution in [0.2, 0.25) is 0 Å². The maximum absolute atomic E-state index is 13.2. The van der Waals surface area contributed by atoms with Gasteiger partial charge in [-0.2, -0.15) is 0 Å². The van der Waals surface area contributed by atoms with Crippen molar-refractivity contribution in [1.29, 1.82) is 0 Å². The third-order valence-corrected chi connectivity index (χ3v) is 5.20. The lowest BCUT2D eigenvalue weighted by Gasteiger charge is -2.28. The molecule has 1 aliphatic heterocycles. The SMILES string of the molecule is CC1(C)C(=O)N(c2ccc(O)cc2)C(=O)N1Cc1ccccc1Oc1ccccc1. The van der Waals surface area contributed by atoms with Gasteiger partial charge in [-0.05, 0) is 56.3 Å². The molecule has 0 aliphatic carbocycles. The molecule has 6 heteroatoms. The number of aromatic hydroxyl groups is 1. The number of benzene rings is 3. The van der Waals surface area contributed by atoms with E-state index >= 15 is 0 Å². The Hall–Kier alpha value is -3.80. The molecule has 1 N–H and O–H groups in total. The van der Waals surface area contributed by atoms with E-state index in [0.717, 1.165) is 10.5 Å². The number of anilines is 1. The van der Waals surface area contributed by atoms with Crippen LogP contribution in [-0.4, -0.2) is 27.5 Å². The quantitative estimate of drug-likeness (QED) is 0.614. The summed E-state index contributed by atoms with van der Waals surface area (Å²) in [7, 11) is 0. The Labute approximate surface area is 174 Å². The topological polar surface area (TPSA) is 70.1 Å². The molecule has 1 saturated heterocycles. The number of imide groups is 1. The van der Waals surface area contributed by atoms with Crippen molar-refractivity contribution in [2.45, 2.75) is 25.9 Å². The summed E-state index contributed by atoms with van der Waals surface area (Å²) < 4.78 is 6.01. The average Bonchev–Trinajstić information content (AvgIpc) is 2.90. The van der Waals surface area contributed by atoms with Crippen LogP contribution >= 0.6 is 0 Å². The minimum absolute atomic E-state index is 0.0703. The van der Waals surface area contributed by atoms with Gasteiger partial charge in [0, 0.05) is 5.56 Å². The van der Waals surface area contributed by atoms with E-state index in [1.807, 2.05) is 54.6 Å². The van der Waals surface area contributed by atoms with E-state index in [4.69, 9.17) is 4.74 Å². The summed E-state index contributed by atoms with van der Waals surface area (Å²) in [5.74, 6) is 1.07. The van der Waals surface area contributed by atoms with Gasteiger partial charge in [0.15, 0.2) is 0 Å². The highest BCUT2D eigenvalue weighted by Gasteiger charge is 2.51. The zero-order valence-electron chi connectivity index (χ0n) is 16.8. The van der Waals surface area contributed by atoms with Gasteiger partial charge in [-0.1, -0.05) is 36.4 Å². The fraction of sp³-hybridized carbons (Fsp3) is 0.167. The van der Waals surface area contributed by atoms with Crippen LogP contribution in [0.4, 0.5) is 10.5 Å². The third-order valence-electron chi connectivity index (χ3n) is 5.20. The normalized spacial score (nSPS) is 15.5. The fourth-order valence-corrected chi connectivity index (χ4v) is 3.45. The molecular formula is C24H22N2O4. The molecule has 30 heavy (non-hydrogen) atoms. The van der Waals surface area contributed by atoms with Crippen LogP contribution in [-0.2, 0) is 11.3 Å². The number of carbonyl (C=O) groups is 2. The number of amides is 3. The molecule has 0 saturated carbocycles. The van der Waals surface area contributed by atoms with Crippen molar-refractivity contribution in [3.63, 3.8) is 0 Å². The molecule has 3 aromatic carbocycles. The van der Waals surface area contributed by atoms with Gasteiger partial charge in [-0.15, -0.1) is 0 Å². The average molecular weight is 402 g/mol. The molecule has 6 nitrogen and oxygen atoms in total. The molecule has 0 atom stereocenters. The molecule has 1 heterocycles. The Balaban J connectivity index is 1.64. The minimum atomic E-state index is -1.03. The first kappa shape index (κ1) is 19.5. The maximum atomic E-state index is 13.2. The number of ether oxygens (including phenoxy) is 1. The monoisotopic (exact) mass is 402 g/mol. The Bertz CT molecular complexity index is 1080. The number of rotatable bonds is 5. The molecule has 0 bridgehead atoms. The van der Waals surface area contributed by atoms with Crippen molar-refractivity contribution >= 4 is 17.6 Å². The van der Waals surface area contributed by atoms with Gasteiger partial charge in [-0.25, -0.2) is 9.69 Å². The van der Waals surface area contributed by atoms with Gasteiger partial charge in [-0.3, -0.25) is 4.79 Å². The predicted molar refractivity (Wildman–Crippen MR) is 114 cm³/mol. The summed E-state index contributed by atoms with van der Waals surface area (Å²) in [6.45, 7) is 3.68. The lowest BCUT2D eigenvalue weighted by molar-refractivity contribution is -0.123. The molecule has 0 spiro atoms. The van der Waals surface area contributed by atoms with Crippen LogP contribution < -0.4 is 9.64 Å². The van der Waals surface area contributed by atoms with Crippen LogP contribution in [0.25, 0.3) is 0 Å². The summed E-state index contributed by atoms with van der Waals surface area (Å²) in [6, 6.07) is 22.5. The number of carbonyl (C=O) groups excluding carboxylic acids is 2. The van der Waals surface area contributed by atoms with Crippen molar-refractivity contribution in [2.75, 3.05) is 4.90 Å². The molecule has 0 aromatic heterocycles. The van der Waals surface area contributed by atoms with E-state index in [2.05, 4.69) is 0 Å². The Morgan fingerprint density at radius 1 is 0.867 bits per heavy atom. The van der Waals surface area contributed by atoms with Crippen molar-refractivity contribution in [1.82, 2.24) is 4.90 Å². The van der Waals surface area contributed by atoms with Crippen LogP contribution in [0.1, 0.15) is 19.4 Å². The molecule has 0 unspecified atom stereocenters. The van der Waals surface area contributed by atoms with Gasteiger partial charge in [0.1, 0.15) is 22.8 Å². The van der Waals surface area contributed by atoms with Crippen LogP contribution in [0.3, 0.4) is 0 Å². The Morgan fingerprint density at radius 3 is 2.20 bits per heavy atom. The molecule has 0 radical (unpaired) electrons. The Kier molecular flexibility index (Phi) is 4.91. The third kappa shape index (κ3) is 3.48. The first-order chi connectivity index (χ1) is 14.4. The summed E-state index contributed by atoms with van der Waals surface area (Å²) in [5, 5.41) is 9.52. The fourth-order valence-electron chi connectivity index (χ4n) is 3.45. The summed E-state index contributed by atoms with van der Waals surface area (Å²) in [5.41, 5.74) is 0.185. The first-order valence-electron chi connectivity index (χ1n) is 9.64. The molecule has 3 amide bonds. The predicted octanol–water partition coefficient (Wildman–Crippen LogP) is 4.93. The number of hydrogen-bond acceptors (Lipinski definition) is 4. The van der Waals surface area contributed by atoms with Crippen LogP contribution in [0.15, 0.2) is 78.9 Å².